The molecule has 3 rings (SSSR count). The number of nitrogens with zero attached hydrogens (tertiary/aromatic N) is 1. The van der Waals surface area contributed by atoms with E-state index < -0.39 is 10.0 Å². The molecule has 1 spiro atoms. The molecule has 0 aromatic heterocycles. The van der Waals surface area contributed by atoms with Gasteiger partial charge in [0, 0.05) is 13.1 Å². The molecule has 1 heterocycles. The third kappa shape index (κ3) is 1.88. The fourth-order valence-electron chi connectivity index (χ4n) is 3.40. The molecule has 0 amide bonds. The third-order valence-corrected chi connectivity index (χ3v) is 6.16. The van der Waals surface area contributed by atoms with Gasteiger partial charge in [0.05, 0.1) is 4.90 Å². The van der Waals surface area contributed by atoms with Gasteiger partial charge in [-0.05, 0) is 36.3 Å². The lowest BCUT2D eigenvalue weighted by atomic mass is 9.79. The highest BCUT2D eigenvalue weighted by Crippen LogP contribution is 2.49. The average molecular weight is 265 g/mol. The van der Waals surface area contributed by atoms with E-state index in [1.165, 1.54) is 19.3 Å². The van der Waals surface area contributed by atoms with Crippen LogP contribution in [0.25, 0.3) is 0 Å². The van der Waals surface area contributed by atoms with Crippen molar-refractivity contribution in [3.8, 4) is 0 Å². The zero-order chi connectivity index (χ0) is 12.8. The van der Waals surface area contributed by atoms with E-state index in [-0.39, 0.29) is 0 Å². The summed E-state index contributed by atoms with van der Waals surface area (Å²) in [4.78, 5) is 0.422. The summed E-state index contributed by atoms with van der Waals surface area (Å²) < 4.78 is 26.4. The van der Waals surface area contributed by atoms with Crippen LogP contribution in [0.1, 0.15) is 26.2 Å². The van der Waals surface area contributed by atoms with E-state index in [1.54, 1.807) is 28.6 Å². The van der Waals surface area contributed by atoms with E-state index in [0.29, 0.717) is 23.4 Å². The Labute approximate surface area is 109 Å². The molecule has 1 aliphatic carbocycles. The van der Waals surface area contributed by atoms with E-state index in [0.717, 1.165) is 5.92 Å². The van der Waals surface area contributed by atoms with Gasteiger partial charge in [-0.3, -0.25) is 0 Å². The van der Waals surface area contributed by atoms with Crippen molar-refractivity contribution >= 4 is 10.0 Å². The normalized spacial score (nSPS) is 27.3. The number of hydrogen-bond acceptors (Lipinski definition) is 2. The topological polar surface area (TPSA) is 37.4 Å². The molecule has 1 atom stereocenters. The number of sulfonamides is 1. The maximum absolute atomic E-state index is 12.4. The van der Waals surface area contributed by atoms with Crippen LogP contribution >= 0.6 is 0 Å². The minimum atomic E-state index is -3.25. The van der Waals surface area contributed by atoms with Gasteiger partial charge in [0.15, 0.2) is 0 Å². The standard InChI is InChI=1S/C14H19NO2S/c1-12-7-8-14(9-12)10-15(11-14)18(16,17)13-5-3-2-4-6-13/h2-6,12H,7-11H2,1H3. The third-order valence-electron chi connectivity index (χ3n) is 4.35. The van der Waals surface area contributed by atoms with Gasteiger partial charge in [-0.15, -0.1) is 0 Å². The first-order valence-corrected chi connectivity index (χ1v) is 8.01. The second kappa shape index (κ2) is 4.07. The summed E-state index contributed by atoms with van der Waals surface area (Å²) in [6.45, 7) is 3.70. The SMILES string of the molecule is CC1CCC2(C1)CN(S(=O)(=O)c1ccccc1)C2. The van der Waals surface area contributed by atoms with Gasteiger partial charge >= 0.3 is 0 Å². The van der Waals surface area contributed by atoms with E-state index in [2.05, 4.69) is 6.92 Å². The zero-order valence-electron chi connectivity index (χ0n) is 10.7. The van der Waals surface area contributed by atoms with Crippen LogP contribution in [0, 0.1) is 11.3 Å². The van der Waals surface area contributed by atoms with Gasteiger partial charge in [0.1, 0.15) is 0 Å². The Morgan fingerprint density at radius 3 is 2.44 bits per heavy atom. The largest absolute Gasteiger partial charge is 0.243 e. The van der Waals surface area contributed by atoms with Crippen LogP contribution in [-0.2, 0) is 10.0 Å². The molecular weight excluding hydrogens is 246 g/mol. The smallest absolute Gasteiger partial charge is 0.207 e. The van der Waals surface area contributed by atoms with Crippen LogP contribution < -0.4 is 0 Å². The summed E-state index contributed by atoms with van der Waals surface area (Å²) in [6, 6.07) is 8.75. The molecule has 98 valence electrons. The van der Waals surface area contributed by atoms with Crippen molar-refractivity contribution in [3.63, 3.8) is 0 Å². The fraction of sp³-hybridized carbons (Fsp3) is 0.571. The molecule has 1 saturated heterocycles. The summed E-state index contributed by atoms with van der Waals surface area (Å²) in [5.74, 6) is 0.756. The van der Waals surface area contributed by atoms with Crippen LogP contribution in [0.4, 0.5) is 0 Å². The lowest BCUT2D eigenvalue weighted by molar-refractivity contribution is 0.0739. The van der Waals surface area contributed by atoms with Gasteiger partial charge in [0.25, 0.3) is 0 Å². The van der Waals surface area contributed by atoms with Crippen molar-refractivity contribution < 1.29 is 8.42 Å². The minimum Gasteiger partial charge on any atom is -0.207 e. The number of rotatable bonds is 2. The maximum Gasteiger partial charge on any atom is 0.243 e. The molecule has 2 aliphatic rings. The molecule has 1 unspecified atom stereocenters. The van der Waals surface area contributed by atoms with Gasteiger partial charge < -0.3 is 0 Å². The van der Waals surface area contributed by atoms with Crippen LogP contribution in [-0.4, -0.2) is 25.8 Å². The Kier molecular flexibility index (Phi) is 2.75. The Morgan fingerprint density at radius 2 is 1.89 bits per heavy atom. The molecule has 3 nitrogen and oxygen atoms in total. The van der Waals surface area contributed by atoms with Gasteiger partial charge in [-0.1, -0.05) is 31.5 Å². The summed E-state index contributed by atoms with van der Waals surface area (Å²) in [5, 5.41) is 0. The fourth-order valence-corrected chi connectivity index (χ4v) is 5.08. The molecule has 0 N–H and O–H groups in total. The predicted molar refractivity (Wildman–Crippen MR) is 70.6 cm³/mol. The monoisotopic (exact) mass is 265 g/mol. The van der Waals surface area contributed by atoms with E-state index >= 15 is 0 Å². The summed E-state index contributed by atoms with van der Waals surface area (Å²) in [6.07, 6.45) is 3.63. The van der Waals surface area contributed by atoms with E-state index in [4.69, 9.17) is 0 Å². The molecule has 0 radical (unpaired) electrons. The molecule has 2 fully saturated rings. The Morgan fingerprint density at radius 1 is 1.22 bits per heavy atom. The number of hydrogen-bond donors (Lipinski definition) is 0. The Balaban J connectivity index is 1.75. The molecule has 18 heavy (non-hydrogen) atoms. The minimum absolute atomic E-state index is 0.293. The molecule has 1 saturated carbocycles. The quantitative estimate of drug-likeness (QED) is 0.824. The van der Waals surface area contributed by atoms with Crippen molar-refractivity contribution in [2.24, 2.45) is 11.3 Å². The van der Waals surface area contributed by atoms with Crippen molar-refractivity contribution in [2.75, 3.05) is 13.1 Å². The van der Waals surface area contributed by atoms with Gasteiger partial charge in [-0.2, -0.15) is 4.31 Å². The Hall–Kier alpha value is -0.870. The second-order valence-corrected chi connectivity index (χ2v) is 7.87. The summed E-state index contributed by atoms with van der Waals surface area (Å²) in [7, 11) is -3.25. The van der Waals surface area contributed by atoms with Crippen LogP contribution in [0.3, 0.4) is 0 Å². The average Bonchev–Trinajstić information content (AvgIpc) is 2.71. The second-order valence-electron chi connectivity index (χ2n) is 5.93. The first-order chi connectivity index (χ1) is 8.52. The van der Waals surface area contributed by atoms with Crippen molar-refractivity contribution in [1.29, 1.82) is 0 Å². The summed E-state index contributed by atoms with van der Waals surface area (Å²) >= 11 is 0. The molecule has 1 aliphatic heterocycles. The van der Waals surface area contributed by atoms with E-state index in [9.17, 15) is 8.42 Å². The van der Waals surface area contributed by atoms with Crippen molar-refractivity contribution in [1.82, 2.24) is 4.31 Å². The van der Waals surface area contributed by atoms with Crippen LogP contribution in [0.15, 0.2) is 35.2 Å². The Bertz CT molecular complexity index is 532. The number of benzene rings is 1. The highest BCUT2D eigenvalue weighted by Gasteiger charge is 2.50. The maximum atomic E-state index is 12.4. The van der Waals surface area contributed by atoms with Gasteiger partial charge in [0.2, 0.25) is 10.0 Å². The lowest BCUT2D eigenvalue weighted by Gasteiger charge is -2.47. The molecule has 0 bridgehead atoms. The molecule has 4 heteroatoms. The predicted octanol–water partition coefficient (Wildman–Crippen LogP) is 2.50. The first kappa shape index (κ1) is 12.2. The highest BCUT2D eigenvalue weighted by molar-refractivity contribution is 7.89. The molecule has 1 aromatic rings. The van der Waals surface area contributed by atoms with Crippen molar-refractivity contribution in [2.45, 2.75) is 31.1 Å². The van der Waals surface area contributed by atoms with Crippen LogP contribution in [0.5, 0.6) is 0 Å². The summed E-state index contributed by atoms with van der Waals surface area (Å²) in [5.41, 5.74) is 0.293. The lowest BCUT2D eigenvalue weighted by Crippen LogP contribution is -2.57. The van der Waals surface area contributed by atoms with Crippen molar-refractivity contribution in [3.05, 3.63) is 30.3 Å². The van der Waals surface area contributed by atoms with Gasteiger partial charge in [-0.25, -0.2) is 8.42 Å². The molecular formula is C14H19NO2S. The first-order valence-electron chi connectivity index (χ1n) is 6.57. The zero-order valence-corrected chi connectivity index (χ0v) is 11.5. The highest BCUT2D eigenvalue weighted by atomic mass is 32.2. The molecule has 1 aromatic carbocycles. The van der Waals surface area contributed by atoms with Crippen LogP contribution in [0.2, 0.25) is 0 Å². The van der Waals surface area contributed by atoms with E-state index in [1.807, 2.05) is 6.07 Å².